The summed E-state index contributed by atoms with van der Waals surface area (Å²) in [6.07, 6.45) is 0. The fraction of sp³-hybridized carbons (Fsp3) is 0.250. The van der Waals surface area contributed by atoms with Gasteiger partial charge in [-0.3, -0.25) is 0 Å². The highest BCUT2D eigenvalue weighted by atomic mass is 35.5. The highest BCUT2D eigenvalue weighted by Crippen LogP contribution is 2.35. The molecule has 0 spiro atoms. The standard InChI is InChI=1S/C24H24Cl2O6/c1-27-23(28-2,31-21-13-9-19(25)10-14-21)17-5-7-18(8-6-17)24(29-3,30-4)32-22-15-11-20(26)12-16-22/h5-16H,1-4H3. The fourth-order valence-electron chi connectivity index (χ4n) is 3.12. The normalized spacial score (nSPS) is 11.9. The van der Waals surface area contributed by atoms with Crippen molar-refractivity contribution in [3.05, 3.63) is 94.0 Å². The molecular formula is C24H24Cl2O6. The summed E-state index contributed by atoms with van der Waals surface area (Å²) in [5, 5.41) is 1.19. The van der Waals surface area contributed by atoms with Crippen molar-refractivity contribution in [3.63, 3.8) is 0 Å². The van der Waals surface area contributed by atoms with E-state index in [1.807, 2.05) is 0 Å². The van der Waals surface area contributed by atoms with Gasteiger partial charge in [-0.25, -0.2) is 0 Å². The van der Waals surface area contributed by atoms with Crippen molar-refractivity contribution in [3.8, 4) is 11.5 Å². The molecule has 0 amide bonds. The molecule has 6 nitrogen and oxygen atoms in total. The maximum Gasteiger partial charge on any atom is 0.355 e. The molecule has 0 aliphatic rings. The topological polar surface area (TPSA) is 55.4 Å². The van der Waals surface area contributed by atoms with Gasteiger partial charge in [-0.2, -0.15) is 0 Å². The number of hydrogen-bond donors (Lipinski definition) is 0. The SMILES string of the molecule is COC(OC)(Oc1ccc(Cl)cc1)c1ccc(C(OC)(OC)Oc2ccc(Cl)cc2)cc1. The molecule has 32 heavy (non-hydrogen) atoms. The zero-order valence-electron chi connectivity index (χ0n) is 18.1. The van der Waals surface area contributed by atoms with Crippen LogP contribution in [-0.4, -0.2) is 28.4 Å². The Labute approximate surface area is 197 Å². The minimum Gasteiger partial charge on any atom is -0.435 e. The third-order valence-corrected chi connectivity index (χ3v) is 5.30. The number of hydrogen-bond acceptors (Lipinski definition) is 6. The van der Waals surface area contributed by atoms with Crippen LogP contribution in [-0.2, 0) is 30.9 Å². The Bertz CT molecular complexity index is 900. The van der Waals surface area contributed by atoms with E-state index in [-0.39, 0.29) is 0 Å². The molecule has 0 saturated heterocycles. The lowest BCUT2D eigenvalue weighted by atomic mass is 10.1. The molecule has 3 aromatic rings. The van der Waals surface area contributed by atoms with Crippen LogP contribution in [0.1, 0.15) is 11.1 Å². The van der Waals surface area contributed by atoms with Crippen LogP contribution in [0.2, 0.25) is 10.0 Å². The first-order valence-corrected chi connectivity index (χ1v) is 10.4. The van der Waals surface area contributed by atoms with E-state index in [0.717, 1.165) is 0 Å². The second-order valence-corrected chi connectivity index (χ2v) is 7.49. The summed E-state index contributed by atoms with van der Waals surface area (Å²) in [6, 6.07) is 20.9. The summed E-state index contributed by atoms with van der Waals surface area (Å²) >= 11 is 11.9. The molecule has 0 aromatic heterocycles. The van der Waals surface area contributed by atoms with E-state index in [9.17, 15) is 0 Å². The van der Waals surface area contributed by atoms with Crippen molar-refractivity contribution in [1.82, 2.24) is 0 Å². The van der Waals surface area contributed by atoms with Gasteiger partial charge in [0, 0.05) is 38.5 Å². The first-order chi connectivity index (χ1) is 15.4. The number of benzene rings is 3. The first kappa shape index (κ1) is 24.3. The van der Waals surface area contributed by atoms with Gasteiger partial charge in [-0.1, -0.05) is 23.2 Å². The largest absolute Gasteiger partial charge is 0.435 e. The summed E-state index contributed by atoms with van der Waals surface area (Å²) in [4.78, 5) is 0. The maximum atomic E-state index is 6.02. The quantitative estimate of drug-likeness (QED) is 0.335. The van der Waals surface area contributed by atoms with Gasteiger partial charge in [0.05, 0.1) is 11.1 Å². The maximum absolute atomic E-state index is 6.02. The smallest absolute Gasteiger partial charge is 0.355 e. The van der Waals surface area contributed by atoms with Gasteiger partial charge in [0.25, 0.3) is 0 Å². The molecule has 0 aliphatic carbocycles. The van der Waals surface area contributed by atoms with Gasteiger partial charge in [0.1, 0.15) is 11.5 Å². The Kier molecular flexibility index (Phi) is 8.00. The van der Waals surface area contributed by atoms with Gasteiger partial charge in [-0.15, -0.1) is 0 Å². The number of ether oxygens (including phenoxy) is 6. The summed E-state index contributed by atoms with van der Waals surface area (Å²) in [5.41, 5.74) is 1.21. The Morgan fingerprint density at radius 3 is 1.00 bits per heavy atom. The number of methoxy groups -OCH3 is 4. The van der Waals surface area contributed by atoms with Crippen molar-refractivity contribution in [1.29, 1.82) is 0 Å². The Balaban J connectivity index is 1.91. The number of halogens is 2. The molecular weight excluding hydrogens is 455 g/mol. The molecule has 3 aromatic carbocycles. The molecule has 0 N–H and O–H groups in total. The van der Waals surface area contributed by atoms with E-state index in [1.54, 1.807) is 72.8 Å². The monoisotopic (exact) mass is 478 g/mol. The fourth-order valence-corrected chi connectivity index (χ4v) is 3.37. The van der Waals surface area contributed by atoms with Crippen LogP contribution >= 0.6 is 23.2 Å². The van der Waals surface area contributed by atoms with E-state index < -0.39 is 11.9 Å². The van der Waals surface area contributed by atoms with E-state index in [2.05, 4.69) is 0 Å². The van der Waals surface area contributed by atoms with Crippen molar-refractivity contribution in [2.45, 2.75) is 11.9 Å². The lowest BCUT2D eigenvalue weighted by molar-refractivity contribution is -0.336. The summed E-state index contributed by atoms with van der Waals surface area (Å²) in [7, 11) is 5.97. The zero-order chi connectivity index (χ0) is 23.2. The van der Waals surface area contributed by atoms with E-state index in [4.69, 9.17) is 51.6 Å². The minimum absolute atomic E-state index is 0.524. The minimum atomic E-state index is -1.48. The number of rotatable bonds is 10. The molecule has 3 rings (SSSR count). The highest BCUT2D eigenvalue weighted by Gasteiger charge is 2.39. The van der Waals surface area contributed by atoms with Gasteiger partial charge < -0.3 is 28.4 Å². The molecule has 0 atom stereocenters. The van der Waals surface area contributed by atoms with E-state index in [0.29, 0.717) is 32.7 Å². The third kappa shape index (κ3) is 5.18. The molecule has 0 aliphatic heterocycles. The summed E-state index contributed by atoms with van der Waals surface area (Å²) < 4.78 is 34.5. The van der Waals surface area contributed by atoms with Crippen LogP contribution in [0.4, 0.5) is 0 Å². The predicted octanol–water partition coefficient (Wildman–Crippen LogP) is 5.96. The van der Waals surface area contributed by atoms with Crippen LogP contribution < -0.4 is 9.47 Å². The molecule has 0 radical (unpaired) electrons. The van der Waals surface area contributed by atoms with Crippen LogP contribution in [0.3, 0.4) is 0 Å². The molecule has 8 heteroatoms. The second kappa shape index (κ2) is 10.5. The third-order valence-electron chi connectivity index (χ3n) is 4.80. The van der Waals surface area contributed by atoms with Crippen LogP contribution in [0, 0.1) is 0 Å². The summed E-state index contributed by atoms with van der Waals surface area (Å²) in [6.45, 7) is 0. The summed E-state index contributed by atoms with van der Waals surface area (Å²) in [5.74, 6) is -1.91. The Hall–Kier alpha value is -2.32. The van der Waals surface area contributed by atoms with Crippen molar-refractivity contribution < 1.29 is 28.4 Å². The lowest BCUT2D eigenvalue weighted by Gasteiger charge is -2.33. The Morgan fingerprint density at radius 1 is 0.469 bits per heavy atom. The van der Waals surface area contributed by atoms with Crippen molar-refractivity contribution in [2.24, 2.45) is 0 Å². The average molecular weight is 479 g/mol. The first-order valence-electron chi connectivity index (χ1n) is 9.61. The molecule has 170 valence electrons. The van der Waals surface area contributed by atoms with Crippen LogP contribution in [0.15, 0.2) is 72.8 Å². The molecule has 0 bridgehead atoms. The van der Waals surface area contributed by atoms with Gasteiger partial charge in [0.15, 0.2) is 0 Å². The van der Waals surface area contributed by atoms with Crippen molar-refractivity contribution >= 4 is 23.2 Å². The second-order valence-electron chi connectivity index (χ2n) is 6.62. The molecule has 0 heterocycles. The predicted molar refractivity (Wildman–Crippen MR) is 122 cm³/mol. The Morgan fingerprint density at radius 2 is 0.750 bits per heavy atom. The average Bonchev–Trinajstić information content (AvgIpc) is 2.84. The van der Waals surface area contributed by atoms with Gasteiger partial charge >= 0.3 is 11.9 Å². The van der Waals surface area contributed by atoms with Crippen LogP contribution in [0.5, 0.6) is 11.5 Å². The van der Waals surface area contributed by atoms with Crippen LogP contribution in [0.25, 0.3) is 0 Å². The van der Waals surface area contributed by atoms with E-state index in [1.165, 1.54) is 28.4 Å². The molecule has 0 saturated carbocycles. The van der Waals surface area contributed by atoms with E-state index >= 15 is 0 Å². The van der Waals surface area contributed by atoms with Gasteiger partial charge in [-0.05, 0) is 72.8 Å². The zero-order valence-corrected chi connectivity index (χ0v) is 19.6. The lowest BCUT2D eigenvalue weighted by Crippen LogP contribution is -2.39. The highest BCUT2D eigenvalue weighted by molar-refractivity contribution is 6.30. The van der Waals surface area contributed by atoms with Gasteiger partial charge in [0.2, 0.25) is 0 Å². The molecule has 0 unspecified atom stereocenters. The molecule has 0 fully saturated rings. The van der Waals surface area contributed by atoms with Crippen molar-refractivity contribution in [2.75, 3.05) is 28.4 Å².